The van der Waals surface area contributed by atoms with E-state index in [1.54, 1.807) is 14.2 Å². The van der Waals surface area contributed by atoms with Crippen molar-refractivity contribution in [2.75, 3.05) is 20.0 Å². The number of nitrogens with zero attached hydrogens (tertiary/aromatic N) is 2. The van der Waals surface area contributed by atoms with Gasteiger partial charge in [0.1, 0.15) is 16.9 Å². The quantitative estimate of drug-likeness (QED) is 0.548. The highest BCUT2D eigenvalue weighted by Crippen LogP contribution is 2.36. The number of rotatable bonds is 5. The van der Waals surface area contributed by atoms with Crippen molar-refractivity contribution in [3.05, 3.63) is 18.5 Å². The first-order chi connectivity index (χ1) is 10.6. The minimum atomic E-state index is -0.392. The number of carbonyl (C=O) groups excluding carboxylic acids is 1. The van der Waals surface area contributed by atoms with E-state index >= 15 is 0 Å². The van der Waals surface area contributed by atoms with Crippen molar-refractivity contribution in [1.82, 2.24) is 15.0 Å². The molecular weight excluding hydrogens is 304 g/mol. The van der Waals surface area contributed by atoms with Gasteiger partial charge in [-0.2, -0.15) is 0 Å². The summed E-state index contributed by atoms with van der Waals surface area (Å²) >= 11 is 1.27. The van der Waals surface area contributed by atoms with E-state index in [1.807, 2.05) is 12.1 Å². The summed E-state index contributed by atoms with van der Waals surface area (Å²) < 4.78 is 10.6. The number of fused-ring (bicyclic) bond motifs is 3. The van der Waals surface area contributed by atoms with Crippen LogP contribution < -0.4 is 15.2 Å². The molecule has 0 fully saturated rings. The minimum Gasteiger partial charge on any atom is -0.493 e. The molecule has 0 saturated carbocycles. The summed E-state index contributed by atoms with van der Waals surface area (Å²) in [6.45, 7) is 0. The number of nitrogens with two attached hydrogens (primary N) is 1. The Kier molecular flexibility index (Phi) is 3.76. The van der Waals surface area contributed by atoms with E-state index < -0.39 is 5.91 Å². The summed E-state index contributed by atoms with van der Waals surface area (Å²) in [5.74, 6) is 1.02. The molecule has 7 nitrogen and oxygen atoms in total. The Morgan fingerprint density at radius 1 is 1.27 bits per heavy atom. The maximum atomic E-state index is 11.0. The number of aromatic amines is 1. The van der Waals surface area contributed by atoms with E-state index in [-0.39, 0.29) is 5.75 Å². The predicted molar refractivity (Wildman–Crippen MR) is 84.4 cm³/mol. The molecule has 1 aromatic carbocycles. The molecule has 0 atom stereocenters. The highest BCUT2D eigenvalue weighted by molar-refractivity contribution is 8.00. The number of benzene rings is 1. The van der Waals surface area contributed by atoms with Crippen molar-refractivity contribution in [3.8, 4) is 11.5 Å². The van der Waals surface area contributed by atoms with E-state index in [0.29, 0.717) is 16.5 Å². The molecule has 3 N–H and O–H groups in total. The molecule has 22 heavy (non-hydrogen) atoms. The van der Waals surface area contributed by atoms with Crippen LogP contribution in [0.25, 0.3) is 21.9 Å². The summed E-state index contributed by atoms with van der Waals surface area (Å²) in [7, 11) is 3.17. The van der Waals surface area contributed by atoms with Gasteiger partial charge in [-0.3, -0.25) is 4.79 Å². The Labute approximate surface area is 130 Å². The highest BCUT2D eigenvalue weighted by Gasteiger charge is 2.15. The molecule has 3 rings (SSSR count). The molecule has 0 aliphatic rings. The predicted octanol–water partition coefficient (Wildman–Crippen LogP) is 1.71. The molecule has 114 valence electrons. The maximum absolute atomic E-state index is 11.0. The summed E-state index contributed by atoms with van der Waals surface area (Å²) in [6, 6.07) is 3.71. The van der Waals surface area contributed by atoms with Gasteiger partial charge in [-0.25, -0.2) is 9.97 Å². The van der Waals surface area contributed by atoms with Crippen LogP contribution in [0.1, 0.15) is 0 Å². The van der Waals surface area contributed by atoms with Crippen LogP contribution in [0.3, 0.4) is 0 Å². The normalized spacial score (nSPS) is 11.0. The number of methoxy groups -OCH3 is 2. The summed E-state index contributed by atoms with van der Waals surface area (Å²) in [4.78, 5) is 22.8. The molecule has 0 unspecified atom stereocenters. The zero-order valence-electron chi connectivity index (χ0n) is 12.0. The highest BCUT2D eigenvalue weighted by atomic mass is 32.2. The van der Waals surface area contributed by atoms with E-state index in [1.165, 1.54) is 18.1 Å². The Hall–Kier alpha value is -2.48. The lowest BCUT2D eigenvalue weighted by atomic mass is 10.2. The lowest BCUT2D eigenvalue weighted by Gasteiger charge is -2.06. The average Bonchev–Trinajstić information content (AvgIpc) is 2.89. The molecule has 0 saturated heterocycles. The Morgan fingerprint density at radius 2 is 2.00 bits per heavy atom. The molecule has 0 aliphatic heterocycles. The number of H-pyrrole nitrogens is 1. The van der Waals surface area contributed by atoms with Gasteiger partial charge in [0, 0.05) is 11.5 Å². The van der Waals surface area contributed by atoms with Crippen molar-refractivity contribution in [2.24, 2.45) is 5.73 Å². The van der Waals surface area contributed by atoms with Gasteiger partial charge in [0.2, 0.25) is 5.91 Å². The van der Waals surface area contributed by atoms with Crippen LogP contribution in [0.15, 0.2) is 23.5 Å². The van der Waals surface area contributed by atoms with Crippen molar-refractivity contribution in [3.63, 3.8) is 0 Å². The minimum absolute atomic E-state index is 0.161. The smallest absolute Gasteiger partial charge is 0.227 e. The second kappa shape index (κ2) is 5.72. The van der Waals surface area contributed by atoms with Crippen LogP contribution in [0.4, 0.5) is 0 Å². The van der Waals surface area contributed by atoms with Crippen LogP contribution in [0.5, 0.6) is 11.5 Å². The van der Waals surface area contributed by atoms with Gasteiger partial charge >= 0.3 is 0 Å². The first-order valence-electron chi connectivity index (χ1n) is 6.43. The van der Waals surface area contributed by atoms with Crippen molar-refractivity contribution in [2.45, 2.75) is 5.03 Å². The molecule has 0 spiro atoms. The fraction of sp³-hybridized carbons (Fsp3) is 0.214. The molecule has 2 aromatic heterocycles. The Balaban J connectivity index is 2.20. The van der Waals surface area contributed by atoms with E-state index in [4.69, 9.17) is 15.2 Å². The fourth-order valence-electron chi connectivity index (χ4n) is 2.25. The Bertz CT molecular complexity index is 862. The standard InChI is InChI=1S/C14H14N4O3S/c1-20-9-3-7-8(4-10(9)21-2)18-13-12(7)16-6-17-14(13)22-5-11(15)19/h3-4,6,18H,5H2,1-2H3,(H2,15,19). The van der Waals surface area contributed by atoms with Crippen molar-refractivity contribution < 1.29 is 14.3 Å². The first kappa shape index (κ1) is 14.5. The van der Waals surface area contributed by atoms with E-state index in [9.17, 15) is 4.79 Å². The SMILES string of the molecule is COc1cc2[nH]c3c(SCC(N)=O)ncnc3c2cc1OC. The number of primary amides is 1. The number of hydrogen-bond donors (Lipinski definition) is 2. The number of amides is 1. The van der Waals surface area contributed by atoms with Crippen LogP contribution in [-0.2, 0) is 4.79 Å². The van der Waals surface area contributed by atoms with Gasteiger partial charge in [0.15, 0.2) is 11.5 Å². The number of ether oxygens (including phenoxy) is 2. The molecule has 1 amide bonds. The number of hydrogen-bond acceptors (Lipinski definition) is 6. The summed E-state index contributed by atoms with van der Waals surface area (Å²) in [6.07, 6.45) is 1.47. The number of carbonyl (C=O) groups is 1. The van der Waals surface area contributed by atoms with Crippen molar-refractivity contribution >= 4 is 39.6 Å². The van der Waals surface area contributed by atoms with Gasteiger partial charge in [-0.1, -0.05) is 11.8 Å². The zero-order valence-corrected chi connectivity index (χ0v) is 12.9. The topological polar surface area (TPSA) is 103 Å². The third-order valence-electron chi connectivity index (χ3n) is 3.20. The van der Waals surface area contributed by atoms with Gasteiger partial charge in [0.25, 0.3) is 0 Å². The zero-order chi connectivity index (χ0) is 15.7. The van der Waals surface area contributed by atoms with E-state index in [2.05, 4.69) is 15.0 Å². The van der Waals surface area contributed by atoms with Gasteiger partial charge in [-0.15, -0.1) is 0 Å². The van der Waals surface area contributed by atoms with Gasteiger partial charge in [-0.05, 0) is 6.07 Å². The summed E-state index contributed by atoms with van der Waals surface area (Å²) in [5, 5.41) is 1.58. The van der Waals surface area contributed by atoms with E-state index in [0.717, 1.165) is 21.9 Å². The maximum Gasteiger partial charge on any atom is 0.227 e. The van der Waals surface area contributed by atoms with Crippen LogP contribution in [0, 0.1) is 0 Å². The average molecular weight is 318 g/mol. The lowest BCUT2D eigenvalue weighted by molar-refractivity contribution is -0.115. The second-order valence-corrected chi connectivity index (χ2v) is 5.50. The second-order valence-electron chi connectivity index (χ2n) is 4.54. The third kappa shape index (κ3) is 2.41. The fourth-order valence-corrected chi connectivity index (χ4v) is 2.94. The van der Waals surface area contributed by atoms with Crippen LogP contribution >= 0.6 is 11.8 Å². The van der Waals surface area contributed by atoms with Crippen LogP contribution in [-0.4, -0.2) is 40.8 Å². The number of nitrogens with one attached hydrogen (secondary N) is 1. The van der Waals surface area contributed by atoms with Crippen molar-refractivity contribution in [1.29, 1.82) is 0 Å². The number of thioether (sulfide) groups is 1. The molecule has 2 heterocycles. The Morgan fingerprint density at radius 3 is 2.68 bits per heavy atom. The lowest BCUT2D eigenvalue weighted by Crippen LogP contribution is -2.13. The van der Waals surface area contributed by atoms with Crippen LogP contribution in [0.2, 0.25) is 0 Å². The molecule has 8 heteroatoms. The largest absolute Gasteiger partial charge is 0.493 e. The first-order valence-corrected chi connectivity index (χ1v) is 7.42. The molecule has 0 radical (unpaired) electrons. The third-order valence-corrected chi connectivity index (χ3v) is 4.21. The number of aromatic nitrogens is 3. The molecular formula is C14H14N4O3S. The van der Waals surface area contributed by atoms with Gasteiger partial charge in [0.05, 0.1) is 31.0 Å². The monoisotopic (exact) mass is 318 g/mol. The van der Waals surface area contributed by atoms with Gasteiger partial charge < -0.3 is 20.2 Å². The summed E-state index contributed by atoms with van der Waals surface area (Å²) in [5.41, 5.74) is 7.57. The molecule has 0 aliphatic carbocycles. The molecule has 0 bridgehead atoms. The molecule has 3 aromatic rings.